The second kappa shape index (κ2) is 8.18. The summed E-state index contributed by atoms with van der Waals surface area (Å²) in [5.41, 5.74) is 1.15. The van der Waals surface area contributed by atoms with Crippen LogP contribution in [-0.2, 0) is 11.2 Å². The zero-order chi connectivity index (χ0) is 15.9. The third-order valence-corrected chi connectivity index (χ3v) is 4.63. The lowest BCUT2D eigenvalue weighted by Crippen LogP contribution is -2.37. The third-order valence-electron chi connectivity index (χ3n) is 4.63. The van der Waals surface area contributed by atoms with Crippen LogP contribution in [0.25, 0.3) is 0 Å². The van der Waals surface area contributed by atoms with Crippen LogP contribution in [0.2, 0.25) is 0 Å². The van der Waals surface area contributed by atoms with Crippen LogP contribution in [-0.4, -0.2) is 43.6 Å². The Balaban J connectivity index is 1.84. The molecule has 1 fully saturated rings. The number of nitrogens with one attached hydrogen (secondary N) is 1. The molecular weight excluding hydrogens is 276 g/mol. The number of carbonyl (C=O) groups excluding carboxylic acids is 1. The van der Waals surface area contributed by atoms with Gasteiger partial charge in [-0.3, -0.25) is 4.79 Å². The van der Waals surface area contributed by atoms with Gasteiger partial charge in [0.1, 0.15) is 5.75 Å². The first-order valence-electron chi connectivity index (χ1n) is 8.22. The van der Waals surface area contributed by atoms with E-state index in [1.54, 1.807) is 7.11 Å². The first-order chi connectivity index (χ1) is 10.6. The van der Waals surface area contributed by atoms with Crippen molar-refractivity contribution in [2.24, 2.45) is 0 Å². The van der Waals surface area contributed by atoms with E-state index in [2.05, 4.69) is 18.3 Å². The van der Waals surface area contributed by atoms with Gasteiger partial charge in [0.05, 0.1) is 7.11 Å². The van der Waals surface area contributed by atoms with Crippen LogP contribution in [0.15, 0.2) is 24.3 Å². The Kier molecular flexibility index (Phi) is 6.25. The maximum absolute atomic E-state index is 12.4. The maximum atomic E-state index is 12.4. The van der Waals surface area contributed by atoms with Gasteiger partial charge in [0, 0.05) is 25.6 Å². The summed E-state index contributed by atoms with van der Waals surface area (Å²) in [5.74, 6) is 1.13. The van der Waals surface area contributed by atoms with E-state index in [0.717, 1.165) is 30.7 Å². The van der Waals surface area contributed by atoms with Gasteiger partial charge < -0.3 is 15.0 Å². The fourth-order valence-corrected chi connectivity index (χ4v) is 3.05. The number of rotatable bonds is 7. The van der Waals surface area contributed by atoms with Crippen LogP contribution >= 0.6 is 0 Å². The number of benzene rings is 1. The first-order valence-corrected chi connectivity index (χ1v) is 8.22. The van der Waals surface area contributed by atoms with E-state index in [4.69, 9.17) is 4.74 Å². The summed E-state index contributed by atoms with van der Waals surface area (Å²) in [6.45, 7) is 3.19. The highest BCUT2D eigenvalue weighted by atomic mass is 16.5. The Labute approximate surface area is 133 Å². The molecule has 122 valence electrons. The maximum Gasteiger partial charge on any atom is 0.222 e. The van der Waals surface area contributed by atoms with Gasteiger partial charge in [0.25, 0.3) is 0 Å². The average Bonchev–Trinajstić information content (AvgIpc) is 3.05. The largest absolute Gasteiger partial charge is 0.496 e. The summed E-state index contributed by atoms with van der Waals surface area (Å²) in [6.07, 6.45) is 4.83. The topological polar surface area (TPSA) is 41.6 Å². The summed E-state index contributed by atoms with van der Waals surface area (Å²) in [4.78, 5) is 14.2. The van der Waals surface area contributed by atoms with Crippen molar-refractivity contribution in [3.05, 3.63) is 29.8 Å². The number of hydrogen-bond acceptors (Lipinski definition) is 3. The number of nitrogens with zero attached hydrogens (tertiary/aromatic N) is 1. The molecule has 2 atom stereocenters. The van der Waals surface area contributed by atoms with Crippen LogP contribution in [0, 0.1) is 0 Å². The molecule has 0 saturated carbocycles. The van der Waals surface area contributed by atoms with Crippen molar-refractivity contribution in [1.82, 2.24) is 10.2 Å². The van der Waals surface area contributed by atoms with Gasteiger partial charge in [-0.15, -0.1) is 0 Å². The second-order valence-electron chi connectivity index (χ2n) is 6.20. The average molecular weight is 304 g/mol. The molecule has 1 aromatic carbocycles. The third kappa shape index (κ3) is 4.47. The van der Waals surface area contributed by atoms with Gasteiger partial charge in [-0.05, 0) is 50.8 Å². The molecule has 1 N–H and O–H groups in total. The molecule has 0 aliphatic carbocycles. The lowest BCUT2D eigenvalue weighted by atomic mass is 10.0. The molecule has 1 aromatic rings. The fraction of sp³-hybridized carbons (Fsp3) is 0.611. The summed E-state index contributed by atoms with van der Waals surface area (Å²) in [6, 6.07) is 8.71. The quantitative estimate of drug-likeness (QED) is 0.842. The van der Waals surface area contributed by atoms with E-state index in [1.807, 2.05) is 30.1 Å². The lowest BCUT2D eigenvalue weighted by Gasteiger charge is -2.26. The highest BCUT2D eigenvalue weighted by Crippen LogP contribution is 2.20. The van der Waals surface area contributed by atoms with Gasteiger partial charge in [0.15, 0.2) is 0 Å². The Hall–Kier alpha value is -1.55. The highest BCUT2D eigenvalue weighted by molar-refractivity contribution is 5.76. The molecule has 1 amide bonds. The molecule has 0 radical (unpaired) electrons. The monoisotopic (exact) mass is 304 g/mol. The molecule has 22 heavy (non-hydrogen) atoms. The van der Waals surface area contributed by atoms with E-state index in [-0.39, 0.29) is 11.9 Å². The second-order valence-corrected chi connectivity index (χ2v) is 6.20. The van der Waals surface area contributed by atoms with Gasteiger partial charge in [0.2, 0.25) is 5.91 Å². The minimum absolute atomic E-state index is 0.167. The number of para-hydroxylation sites is 1. The number of hydrogen-bond donors (Lipinski definition) is 1. The molecule has 4 heteroatoms. The van der Waals surface area contributed by atoms with Crippen LogP contribution in [0.5, 0.6) is 5.75 Å². The van der Waals surface area contributed by atoms with E-state index >= 15 is 0 Å². The van der Waals surface area contributed by atoms with Crippen molar-refractivity contribution < 1.29 is 9.53 Å². The molecule has 1 saturated heterocycles. The number of ether oxygens (including phenoxy) is 1. The Morgan fingerprint density at radius 2 is 2.23 bits per heavy atom. The molecule has 0 bridgehead atoms. The summed E-state index contributed by atoms with van der Waals surface area (Å²) >= 11 is 0. The van der Waals surface area contributed by atoms with Crippen molar-refractivity contribution >= 4 is 5.91 Å². The predicted molar refractivity (Wildman–Crippen MR) is 89.2 cm³/mol. The first kappa shape index (κ1) is 16.8. The Morgan fingerprint density at radius 1 is 1.45 bits per heavy atom. The highest BCUT2D eigenvalue weighted by Gasteiger charge is 2.20. The molecule has 2 unspecified atom stereocenters. The van der Waals surface area contributed by atoms with E-state index in [9.17, 15) is 4.79 Å². The molecule has 0 aromatic heterocycles. The van der Waals surface area contributed by atoms with Crippen molar-refractivity contribution in [3.8, 4) is 5.75 Å². The smallest absolute Gasteiger partial charge is 0.222 e. The van der Waals surface area contributed by atoms with E-state index in [0.29, 0.717) is 12.5 Å². The number of methoxy groups -OCH3 is 1. The Morgan fingerprint density at radius 3 is 2.91 bits per heavy atom. The fourth-order valence-electron chi connectivity index (χ4n) is 3.05. The zero-order valence-corrected chi connectivity index (χ0v) is 14.0. The van der Waals surface area contributed by atoms with Crippen molar-refractivity contribution in [2.75, 3.05) is 20.7 Å². The summed E-state index contributed by atoms with van der Waals surface area (Å²) in [5, 5.41) is 3.45. The van der Waals surface area contributed by atoms with E-state index in [1.165, 1.54) is 12.8 Å². The van der Waals surface area contributed by atoms with Crippen LogP contribution in [0.4, 0.5) is 0 Å². The number of carbonyl (C=O) groups is 1. The number of amides is 1. The molecular formula is C18H28N2O2. The normalized spacial score (nSPS) is 19.0. The van der Waals surface area contributed by atoms with Gasteiger partial charge in [-0.25, -0.2) is 0 Å². The lowest BCUT2D eigenvalue weighted by molar-refractivity contribution is -0.131. The summed E-state index contributed by atoms with van der Waals surface area (Å²) < 4.78 is 5.39. The van der Waals surface area contributed by atoms with E-state index < -0.39 is 0 Å². The molecule has 0 spiro atoms. The van der Waals surface area contributed by atoms with Gasteiger partial charge in [-0.1, -0.05) is 18.2 Å². The van der Waals surface area contributed by atoms with Gasteiger partial charge in [-0.2, -0.15) is 0 Å². The predicted octanol–water partition coefficient (Wildman–Crippen LogP) is 2.62. The Bertz CT molecular complexity index is 484. The molecule has 2 rings (SSSR count). The van der Waals surface area contributed by atoms with Crippen LogP contribution < -0.4 is 10.1 Å². The van der Waals surface area contributed by atoms with Gasteiger partial charge >= 0.3 is 0 Å². The standard InChI is InChI=1S/C18H28N2O2/c1-14(13-15-7-4-5-9-17(15)22-3)20(2)18(21)11-10-16-8-6-12-19-16/h4-5,7,9,14,16,19H,6,8,10-13H2,1-3H3. The van der Waals surface area contributed by atoms with Crippen molar-refractivity contribution in [1.29, 1.82) is 0 Å². The minimum Gasteiger partial charge on any atom is -0.496 e. The molecule has 1 heterocycles. The van der Waals surface area contributed by atoms with Crippen LogP contribution in [0.3, 0.4) is 0 Å². The number of likely N-dealkylation sites (N-methyl/N-ethyl adjacent to an activating group) is 1. The van der Waals surface area contributed by atoms with Crippen molar-refractivity contribution in [3.63, 3.8) is 0 Å². The molecule has 1 aliphatic rings. The van der Waals surface area contributed by atoms with Crippen LogP contribution in [0.1, 0.15) is 38.2 Å². The zero-order valence-electron chi connectivity index (χ0n) is 14.0. The van der Waals surface area contributed by atoms with Crippen molar-refractivity contribution in [2.45, 2.75) is 51.1 Å². The molecule has 1 aliphatic heterocycles. The SMILES string of the molecule is COc1ccccc1CC(C)N(C)C(=O)CCC1CCCN1. The minimum atomic E-state index is 0.167. The summed E-state index contributed by atoms with van der Waals surface area (Å²) in [7, 11) is 3.59. The molecule has 4 nitrogen and oxygen atoms in total.